The first-order valence-corrected chi connectivity index (χ1v) is 8.87. The number of thioether (sulfide) groups is 1. The van der Waals surface area contributed by atoms with Crippen LogP contribution in [-0.2, 0) is 4.79 Å². The summed E-state index contributed by atoms with van der Waals surface area (Å²) in [7, 11) is 1.67. The lowest BCUT2D eigenvalue weighted by molar-refractivity contribution is -0.115. The van der Waals surface area contributed by atoms with Gasteiger partial charge < -0.3 is 4.74 Å². The molecule has 4 rings (SSSR count). The van der Waals surface area contributed by atoms with Gasteiger partial charge in [-0.3, -0.25) is 9.69 Å². The number of carbonyl (C=O) groups excluding carboxylic acids is 1. The predicted molar refractivity (Wildman–Crippen MR) is 99.6 cm³/mol. The summed E-state index contributed by atoms with van der Waals surface area (Å²) in [6.45, 7) is 0. The van der Waals surface area contributed by atoms with Crippen LogP contribution in [-0.4, -0.2) is 18.8 Å². The van der Waals surface area contributed by atoms with Crippen molar-refractivity contribution in [2.24, 2.45) is 0 Å². The van der Waals surface area contributed by atoms with Crippen molar-refractivity contribution in [2.75, 3.05) is 17.8 Å². The van der Waals surface area contributed by atoms with Crippen LogP contribution in [0.25, 0.3) is 10.8 Å². The fourth-order valence-electron chi connectivity index (χ4n) is 3.06. The average Bonchev–Trinajstić information content (AvgIpc) is 3.03. The predicted octanol–water partition coefficient (Wildman–Crippen LogP) is 4.63. The molecule has 3 aromatic carbocycles. The molecule has 1 fully saturated rings. The maximum Gasteiger partial charge on any atom is 0.238 e. The van der Waals surface area contributed by atoms with E-state index in [4.69, 9.17) is 4.74 Å². The molecule has 3 aromatic rings. The average molecular weight is 335 g/mol. The Kier molecular flexibility index (Phi) is 3.90. The summed E-state index contributed by atoms with van der Waals surface area (Å²) >= 11 is 1.67. The fourth-order valence-corrected chi connectivity index (χ4v) is 4.23. The minimum atomic E-state index is 0.0198. The van der Waals surface area contributed by atoms with Crippen molar-refractivity contribution >= 4 is 34.1 Å². The molecule has 24 heavy (non-hydrogen) atoms. The van der Waals surface area contributed by atoms with Crippen molar-refractivity contribution in [3.63, 3.8) is 0 Å². The summed E-state index contributed by atoms with van der Waals surface area (Å²) in [5, 5.41) is 2.31. The van der Waals surface area contributed by atoms with Crippen molar-refractivity contribution in [1.29, 1.82) is 0 Å². The monoisotopic (exact) mass is 335 g/mol. The van der Waals surface area contributed by atoms with Gasteiger partial charge in [-0.25, -0.2) is 0 Å². The third-order valence-electron chi connectivity index (χ3n) is 4.26. The van der Waals surface area contributed by atoms with Crippen LogP contribution in [0.4, 0.5) is 5.69 Å². The number of methoxy groups -OCH3 is 1. The lowest BCUT2D eigenvalue weighted by atomic mass is 10.1. The first-order chi connectivity index (χ1) is 11.8. The lowest BCUT2D eigenvalue weighted by Crippen LogP contribution is -2.27. The third kappa shape index (κ3) is 2.63. The van der Waals surface area contributed by atoms with Gasteiger partial charge in [0.05, 0.1) is 12.9 Å². The van der Waals surface area contributed by atoms with Crippen molar-refractivity contribution in [1.82, 2.24) is 0 Å². The van der Waals surface area contributed by atoms with Gasteiger partial charge in [0.25, 0.3) is 0 Å². The first-order valence-electron chi connectivity index (χ1n) is 7.83. The van der Waals surface area contributed by atoms with Crippen LogP contribution < -0.4 is 9.64 Å². The molecule has 0 saturated carbocycles. The van der Waals surface area contributed by atoms with Gasteiger partial charge in [0.2, 0.25) is 5.91 Å². The molecule has 0 bridgehead atoms. The van der Waals surface area contributed by atoms with E-state index in [0.29, 0.717) is 5.75 Å². The summed E-state index contributed by atoms with van der Waals surface area (Å²) in [6.07, 6.45) is 0. The number of rotatable bonds is 3. The summed E-state index contributed by atoms with van der Waals surface area (Å²) in [4.78, 5) is 14.3. The molecule has 0 aliphatic carbocycles. The van der Waals surface area contributed by atoms with E-state index in [-0.39, 0.29) is 11.3 Å². The van der Waals surface area contributed by atoms with E-state index in [0.717, 1.165) is 27.8 Å². The Hall–Kier alpha value is -2.46. The van der Waals surface area contributed by atoms with Gasteiger partial charge in [-0.2, -0.15) is 0 Å². The standard InChI is InChI=1S/C20H17NO2S/c1-23-18-10-9-14-11-16(8-7-15(14)12-18)20-21(19(22)13-24-20)17-5-3-2-4-6-17/h2-12,20H,13H2,1H3/t20-/m0/s1. The molecule has 3 nitrogen and oxygen atoms in total. The quantitative estimate of drug-likeness (QED) is 0.699. The summed E-state index contributed by atoms with van der Waals surface area (Å²) in [5.74, 6) is 1.53. The molecule has 0 spiro atoms. The van der Waals surface area contributed by atoms with Crippen molar-refractivity contribution in [3.8, 4) is 5.75 Å². The van der Waals surface area contributed by atoms with Gasteiger partial charge in [-0.1, -0.05) is 36.4 Å². The minimum Gasteiger partial charge on any atom is -0.497 e. The number of fused-ring (bicyclic) bond motifs is 1. The highest BCUT2D eigenvalue weighted by Crippen LogP contribution is 2.42. The van der Waals surface area contributed by atoms with Crippen LogP contribution in [0.2, 0.25) is 0 Å². The smallest absolute Gasteiger partial charge is 0.238 e. The molecule has 0 N–H and O–H groups in total. The van der Waals surface area contributed by atoms with Crippen LogP contribution in [0.1, 0.15) is 10.9 Å². The number of amides is 1. The molecule has 0 aromatic heterocycles. The van der Waals surface area contributed by atoms with Crippen LogP contribution >= 0.6 is 11.8 Å². The topological polar surface area (TPSA) is 29.5 Å². The first kappa shape index (κ1) is 15.1. The molecular formula is C20H17NO2S. The number of anilines is 1. The maximum absolute atomic E-state index is 12.4. The fraction of sp³-hybridized carbons (Fsp3) is 0.150. The van der Waals surface area contributed by atoms with E-state index in [1.165, 1.54) is 0 Å². The van der Waals surface area contributed by atoms with E-state index in [2.05, 4.69) is 24.3 Å². The molecule has 120 valence electrons. The number of benzene rings is 3. The second kappa shape index (κ2) is 6.21. The Balaban J connectivity index is 1.74. The number of carbonyl (C=O) groups is 1. The number of hydrogen-bond donors (Lipinski definition) is 0. The molecule has 1 aliphatic heterocycles. The van der Waals surface area contributed by atoms with Gasteiger partial charge in [0.15, 0.2) is 0 Å². The van der Waals surface area contributed by atoms with Crippen LogP contribution in [0.5, 0.6) is 5.75 Å². The molecule has 1 amide bonds. The Labute approximate surface area is 145 Å². The normalized spacial score (nSPS) is 17.5. The summed E-state index contributed by atoms with van der Waals surface area (Å²) in [5.41, 5.74) is 2.10. The zero-order valence-electron chi connectivity index (χ0n) is 13.3. The molecule has 1 aliphatic rings. The number of hydrogen-bond acceptors (Lipinski definition) is 3. The van der Waals surface area contributed by atoms with Crippen LogP contribution in [0.3, 0.4) is 0 Å². The molecule has 0 radical (unpaired) electrons. The van der Waals surface area contributed by atoms with Crippen molar-refractivity contribution in [3.05, 3.63) is 72.3 Å². The number of ether oxygens (including phenoxy) is 1. The second-order valence-corrected chi connectivity index (χ2v) is 6.80. The van der Waals surface area contributed by atoms with E-state index in [1.807, 2.05) is 47.4 Å². The molecule has 1 saturated heterocycles. The molecule has 0 unspecified atom stereocenters. The van der Waals surface area contributed by atoms with Gasteiger partial charge in [0.1, 0.15) is 11.1 Å². The highest BCUT2D eigenvalue weighted by atomic mass is 32.2. The van der Waals surface area contributed by atoms with Gasteiger partial charge in [-0.15, -0.1) is 11.8 Å². The third-order valence-corrected chi connectivity index (χ3v) is 5.47. The van der Waals surface area contributed by atoms with Gasteiger partial charge in [0, 0.05) is 5.69 Å². The second-order valence-electron chi connectivity index (χ2n) is 5.74. The number of para-hydroxylation sites is 1. The van der Waals surface area contributed by atoms with Crippen LogP contribution in [0.15, 0.2) is 66.7 Å². The van der Waals surface area contributed by atoms with E-state index >= 15 is 0 Å². The van der Waals surface area contributed by atoms with E-state index < -0.39 is 0 Å². The van der Waals surface area contributed by atoms with Gasteiger partial charge >= 0.3 is 0 Å². The molecule has 4 heteroatoms. The highest BCUT2D eigenvalue weighted by Gasteiger charge is 2.33. The molecular weight excluding hydrogens is 318 g/mol. The molecule has 1 atom stereocenters. The van der Waals surface area contributed by atoms with E-state index in [1.54, 1.807) is 18.9 Å². The van der Waals surface area contributed by atoms with E-state index in [9.17, 15) is 4.79 Å². The lowest BCUT2D eigenvalue weighted by Gasteiger charge is -2.24. The largest absolute Gasteiger partial charge is 0.497 e. The Morgan fingerprint density at radius 1 is 1.00 bits per heavy atom. The Bertz CT molecular complexity index is 895. The number of nitrogens with zero attached hydrogens (tertiary/aromatic N) is 1. The summed E-state index contributed by atoms with van der Waals surface area (Å²) < 4.78 is 5.28. The summed E-state index contributed by atoms with van der Waals surface area (Å²) in [6, 6.07) is 22.3. The van der Waals surface area contributed by atoms with Crippen LogP contribution in [0, 0.1) is 0 Å². The van der Waals surface area contributed by atoms with Gasteiger partial charge in [-0.05, 0) is 46.7 Å². The Morgan fingerprint density at radius 2 is 1.75 bits per heavy atom. The zero-order valence-corrected chi connectivity index (χ0v) is 14.1. The SMILES string of the molecule is COc1ccc2cc([C@@H]3SCC(=O)N3c3ccccc3)ccc2c1. The maximum atomic E-state index is 12.4. The minimum absolute atomic E-state index is 0.0198. The molecule has 1 heterocycles. The zero-order chi connectivity index (χ0) is 16.5. The van der Waals surface area contributed by atoms with Crippen molar-refractivity contribution < 1.29 is 9.53 Å². The highest BCUT2D eigenvalue weighted by molar-refractivity contribution is 8.00. The Morgan fingerprint density at radius 3 is 2.54 bits per heavy atom. The van der Waals surface area contributed by atoms with Crippen molar-refractivity contribution in [2.45, 2.75) is 5.37 Å².